The van der Waals surface area contributed by atoms with Crippen LogP contribution in [-0.4, -0.2) is 71.4 Å². The number of nitrogens with one attached hydrogen (secondary N) is 3. The Morgan fingerprint density at radius 3 is 1.94 bits per heavy atom. The molecule has 12 N–H and O–H groups in total. The van der Waals surface area contributed by atoms with Crippen molar-refractivity contribution in [3.05, 3.63) is 0 Å². The number of nitrogens with two attached hydrogens (primary N) is 4. The lowest BCUT2D eigenvalue weighted by Gasteiger charge is -2.28. The normalized spacial score (nSPS) is 15.1. The third-order valence-electron chi connectivity index (χ3n) is 5.46. The van der Waals surface area contributed by atoms with Crippen molar-refractivity contribution in [1.29, 1.82) is 0 Å². The summed E-state index contributed by atoms with van der Waals surface area (Å²) in [6, 6.07) is -4.54. The van der Waals surface area contributed by atoms with Crippen LogP contribution in [0.5, 0.6) is 0 Å². The van der Waals surface area contributed by atoms with Gasteiger partial charge in [-0.05, 0) is 31.1 Å². The second-order valence-corrected chi connectivity index (χ2v) is 9.19. The first-order chi connectivity index (χ1) is 16.7. The molecule has 5 unspecified atom stereocenters. The number of carbonyl (C=O) groups is 5. The Morgan fingerprint density at radius 2 is 1.47 bits per heavy atom. The van der Waals surface area contributed by atoms with Gasteiger partial charge in [0, 0.05) is 6.54 Å². The summed E-state index contributed by atoms with van der Waals surface area (Å²) in [5.74, 6) is -4.69. The topological polar surface area (TPSA) is 258 Å². The first-order valence-corrected chi connectivity index (χ1v) is 11.9. The van der Waals surface area contributed by atoms with Gasteiger partial charge in [-0.15, -0.1) is 0 Å². The molecule has 0 bridgehead atoms. The van der Waals surface area contributed by atoms with Crippen molar-refractivity contribution in [3.63, 3.8) is 0 Å². The standard InChI is InChI=1S/C22H42N8O6/c1-5-12(4)17(30-18(32)13(23)7-6-8-27-22(25)26)20(34)28-14(9-11(2)3)19(33)29-15(21(35)36)10-16(24)31/h11-15,17H,5-10,23H2,1-4H3,(H2,24,31)(H,28,34)(H,29,33)(H,30,32)(H,35,36)(H4,25,26,27). The first kappa shape index (κ1) is 32.6. The number of guanidine groups is 1. The second kappa shape index (κ2) is 16.3. The Balaban J connectivity index is 5.47. The van der Waals surface area contributed by atoms with Gasteiger partial charge in [0.1, 0.15) is 18.1 Å². The summed E-state index contributed by atoms with van der Waals surface area (Å²) < 4.78 is 0. The van der Waals surface area contributed by atoms with Crippen LogP contribution in [0.2, 0.25) is 0 Å². The molecule has 0 aromatic rings. The van der Waals surface area contributed by atoms with E-state index in [9.17, 15) is 29.1 Å². The fourth-order valence-electron chi connectivity index (χ4n) is 3.25. The molecule has 0 rings (SSSR count). The summed E-state index contributed by atoms with van der Waals surface area (Å²) in [5.41, 5.74) is 21.5. The summed E-state index contributed by atoms with van der Waals surface area (Å²) in [4.78, 5) is 65.0. The highest BCUT2D eigenvalue weighted by Crippen LogP contribution is 2.12. The molecule has 0 saturated heterocycles. The fraction of sp³-hybridized carbons (Fsp3) is 0.727. The van der Waals surface area contributed by atoms with Crippen molar-refractivity contribution in [1.82, 2.24) is 16.0 Å². The third kappa shape index (κ3) is 12.9. The van der Waals surface area contributed by atoms with Crippen molar-refractivity contribution in [2.75, 3.05) is 6.54 Å². The van der Waals surface area contributed by atoms with Crippen molar-refractivity contribution >= 4 is 35.6 Å². The summed E-state index contributed by atoms with van der Waals surface area (Å²) >= 11 is 0. The summed E-state index contributed by atoms with van der Waals surface area (Å²) in [5, 5.41) is 16.8. The summed E-state index contributed by atoms with van der Waals surface area (Å²) in [7, 11) is 0. The Labute approximate surface area is 211 Å². The van der Waals surface area contributed by atoms with Crippen LogP contribution in [-0.2, 0) is 24.0 Å². The number of hydrogen-bond acceptors (Lipinski definition) is 7. The molecule has 0 aromatic carbocycles. The lowest BCUT2D eigenvalue weighted by molar-refractivity contribution is -0.144. The minimum atomic E-state index is -1.54. The van der Waals surface area contributed by atoms with Gasteiger partial charge in [0.25, 0.3) is 0 Å². The minimum Gasteiger partial charge on any atom is -0.480 e. The maximum Gasteiger partial charge on any atom is 0.326 e. The Morgan fingerprint density at radius 1 is 0.889 bits per heavy atom. The zero-order valence-electron chi connectivity index (χ0n) is 21.5. The van der Waals surface area contributed by atoms with Crippen LogP contribution in [0, 0.1) is 11.8 Å². The molecule has 5 atom stereocenters. The quantitative estimate of drug-likeness (QED) is 0.0598. The van der Waals surface area contributed by atoms with Crippen molar-refractivity contribution < 1.29 is 29.1 Å². The van der Waals surface area contributed by atoms with E-state index in [-0.39, 0.29) is 30.6 Å². The van der Waals surface area contributed by atoms with Gasteiger partial charge >= 0.3 is 5.97 Å². The molecule has 206 valence electrons. The highest BCUT2D eigenvalue weighted by molar-refractivity contribution is 5.95. The highest BCUT2D eigenvalue weighted by Gasteiger charge is 2.33. The lowest BCUT2D eigenvalue weighted by atomic mass is 9.96. The highest BCUT2D eigenvalue weighted by atomic mass is 16.4. The van der Waals surface area contributed by atoms with Crippen LogP contribution in [0.4, 0.5) is 0 Å². The Kier molecular flexibility index (Phi) is 14.7. The van der Waals surface area contributed by atoms with E-state index in [4.69, 9.17) is 22.9 Å². The van der Waals surface area contributed by atoms with E-state index in [0.29, 0.717) is 19.4 Å². The number of rotatable bonds is 17. The number of primary amides is 1. The molecule has 4 amide bonds. The van der Waals surface area contributed by atoms with Crippen LogP contribution in [0.3, 0.4) is 0 Å². The molecule has 0 saturated carbocycles. The molecule has 36 heavy (non-hydrogen) atoms. The van der Waals surface area contributed by atoms with Crippen molar-refractivity contribution in [2.45, 2.75) is 84.0 Å². The van der Waals surface area contributed by atoms with Gasteiger partial charge < -0.3 is 44.0 Å². The van der Waals surface area contributed by atoms with Crippen LogP contribution < -0.4 is 38.9 Å². The van der Waals surface area contributed by atoms with E-state index < -0.39 is 60.2 Å². The molecule has 0 heterocycles. The third-order valence-corrected chi connectivity index (χ3v) is 5.46. The predicted octanol–water partition coefficient (Wildman–Crippen LogP) is -2.13. The van der Waals surface area contributed by atoms with Crippen LogP contribution in [0.1, 0.15) is 59.8 Å². The number of hydrogen-bond donors (Lipinski definition) is 8. The van der Waals surface area contributed by atoms with E-state index in [2.05, 4.69) is 20.9 Å². The smallest absolute Gasteiger partial charge is 0.326 e. The Bertz CT molecular complexity index is 799. The van der Waals surface area contributed by atoms with Crippen molar-refractivity contribution in [2.24, 2.45) is 39.8 Å². The molecule has 0 spiro atoms. The summed E-state index contributed by atoms with van der Waals surface area (Å²) in [6.45, 7) is 7.54. The molecule has 0 fully saturated rings. The van der Waals surface area contributed by atoms with Gasteiger partial charge in [-0.3, -0.25) is 24.2 Å². The van der Waals surface area contributed by atoms with Crippen LogP contribution >= 0.6 is 0 Å². The molecule has 14 nitrogen and oxygen atoms in total. The van der Waals surface area contributed by atoms with Gasteiger partial charge in [-0.1, -0.05) is 34.1 Å². The number of amides is 4. The van der Waals surface area contributed by atoms with E-state index in [1.807, 2.05) is 20.8 Å². The van der Waals surface area contributed by atoms with E-state index in [1.54, 1.807) is 6.92 Å². The van der Waals surface area contributed by atoms with Crippen LogP contribution in [0.25, 0.3) is 0 Å². The van der Waals surface area contributed by atoms with Gasteiger partial charge in [0.05, 0.1) is 12.5 Å². The molecule has 0 radical (unpaired) electrons. The SMILES string of the molecule is CCC(C)C(NC(=O)C(N)CCCN=C(N)N)C(=O)NC(CC(C)C)C(=O)NC(CC(N)=O)C(=O)O. The number of aliphatic carboxylic acids is 1. The Hall–Kier alpha value is -3.42. The van der Waals surface area contributed by atoms with Crippen LogP contribution in [0.15, 0.2) is 4.99 Å². The van der Waals surface area contributed by atoms with Crippen molar-refractivity contribution in [3.8, 4) is 0 Å². The summed E-state index contributed by atoms with van der Waals surface area (Å²) in [6.07, 6.45) is 0.868. The van der Waals surface area contributed by atoms with E-state index in [1.165, 1.54) is 0 Å². The average Bonchev–Trinajstić information content (AvgIpc) is 2.77. The molecule has 0 aromatic heterocycles. The maximum atomic E-state index is 13.1. The van der Waals surface area contributed by atoms with Gasteiger partial charge in [-0.2, -0.15) is 0 Å². The zero-order chi connectivity index (χ0) is 28.0. The average molecular weight is 515 g/mol. The van der Waals surface area contributed by atoms with E-state index in [0.717, 1.165) is 0 Å². The molecular formula is C22H42N8O6. The van der Waals surface area contributed by atoms with Gasteiger partial charge in [0.2, 0.25) is 23.6 Å². The number of carboxylic acid groups (broad SMARTS) is 1. The lowest BCUT2D eigenvalue weighted by Crippen LogP contribution is -2.59. The largest absolute Gasteiger partial charge is 0.480 e. The van der Waals surface area contributed by atoms with E-state index >= 15 is 0 Å². The van der Waals surface area contributed by atoms with Gasteiger partial charge in [-0.25, -0.2) is 4.79 Å². The molecule has 14 heteroatoms. The predicted molar refractivity (Wildman–Crippen MR) is 134 cm³/mol. The monoisotopic (exact) mass is 514 g/mol. The molecule has 0 aliphatic heterocycles. The van der Waals surface area contributed by atoms with Gasteiger partial charge in [0.15, 0.2) is 5.96 Å². The number of aliphatic imine (C=N–C) groups is 1. The number of carbonyl (C=O) groups excluding carboxylic acids is 4. The first-order valence-electron chi connectivity index (χ1n) is 11.9. The molecule has 0 aliphatic rings. The number of nitrogens with zero attached hydrogens (tertiary/aromatic N) is 1. The maximum absolute atomic E-state index is 13.1. The fourth-order valence-corrected chi connectivity index (χ4v) is 3.25. The number of carboxylic acids is 1. The minimum absolute atomic E-state index is 0.0456. The molecule has 0 aliphatic carbocycles. The zero-order valence-corrected chi connectivity index (χ0v) is 21.5. The molecular weight excluding hydrogens is 472 g/mol. The second-order valence-electron chi connectivity index (χ2n) is 9.19.